The van der Waals surface area contributed by atoms with Crippen molar-refractivity contribution in [3.8, 4) is 6.07 Å². The number of rotatable bonds is 3. The highest BCUT2D eigenvalue weighted by Crippen LogP contribution is 2.38. The summed E-state index contributed by atoms with van der Waals surface area (Å²) in [6, 6.07) is 10.0. The topological polar surface area (TPSA) is 77.7 Å². The number of fused-ring (bicyclic) bond motifs is 1. The first kappa shape index (κ1) is 17.4. The lowest BCUT2D eigenvalue weighted by Gasteiger charge is -2.30. The molecule has 1 N–H and O–H groups in total. The molecule has 4 atom stereocenters. The Labute approximate surface area is 159 Å². The van der Waals surface area contributed by atoms with E-state index in [9.17, 15) is 5.26 Å². The van der Waals surface area contributed by atoms with Gasteiger partial charge in [0.1, 0.15) is 0 Å². The number of aromatic nitrogens is 3. The SMILES string of the molecule is C[C@H]1[C@H](/C=C/C2CC=C(c3ccccc3C#N)C=N2)c2n[nH]nc2C[C@@H]1C. The number of aliphatic imine (C=N–C) groups is 1. The van der Waals surface area contributed by atoms with E-state index >= 15 is 0 Å². The summed E-state index contributed by atoms with van der Waals surface area (Å²) in [7, 11) is 0. The second-order valence-corrected chi connectivity index (χ2v) is 7.50. The Kier molecular flexibility index (Phi) is 4.72. The summed E-state index contributed by atoms with van der Waals surface area (Å²) in [6.07, 6.45) is 10.3. The second-order valence-electron chi connectivity index (χ2n) is 7.50. The quantitative estimate of drug-likeness (QED) is 0.841. The van der Waals surface area contributed by atoms with Gasteiger partial charge in [-0.25, -0.2) is 0 Å². The lowest BCUT2D eigenvalue weighted by atomic mass is 9.74. The van der Waals surface area contributed by atoms with Gasteiger partial charge in [-0.1, -0.05) is 50.3 Å². The average Bonchev–Trinajstić information content (AvgIpc) is 3.16. The molecule has 1 aliphatic carbocycles. The summed E-state index contributed by atoms with van der Waals surface area (Å²) >= 11 is 0. The molecule has 2 aliphatic rings. The first-order valence-electron chi connectivity index (χ1n) is 9.48. The van der Waals surface area contributed by atoms with Crippen molar-refractivity contribution >= 4 is 11.8 Å². The summed E-state index contributed by atoms with van der Waals surface area (Å²) in [4.78, 5) is 4.70. The van der Waals surface area contributed by atoms with E-state index < -0.39 is 0 Å². The zero-order valence-corrected chi connectivity index (χ0v) is 15.6. The third kappa shape index (κ3) is 3.35. The molecule has 136 valence electrons. The van der Waals surface area contributed by atoms with Gasteiger partial charge in [0.05, 0.1) is 29.1 Å². The van der Waals surface area contributed by atoms with E-state index in [0.29, 0.717) is 17.4 Å². The molecule has 0 radical (unpaired) electrons. The maximum absolute atomic E-state index is 9.29. The van der Waals surface area contributed by atoms with Crippen molar-refractivity contribution in [3.63, 3.8) is 0 Å². The van der Waals surface area contributed by atoms with Crippen LogP contribution in [0.1, 0.15) is 48.7 Å². The van der Waals surface area contributed by atoms with Crippen molar-refractivity contribution in [1.82, 2.24) is 15.4 Å². The van der Waals surface area contributed by atoms with Crippen molar-refractivity contribution < 1.29 is 0 Å². The van der Waals surface area contributed by atoms with E-state index in [4.69, 9.17) is 4.99 Å². The third-order valence-corrected chi connectivity index (χ3v) is 5.83. The molecule has 0 spiro atoms. The minimum atomic E-state index is 0.128. The Bertz CT molecular complexity index is 959. The molecular formula is C22H23N5. The van der Waals surface area contributed by atoms with Crippen molar-refractivity contribution in [2.24, 2.45) is 16.8 Å². The lowest BCUT2D eigenvalue weighted by Crippen LogP contribution is -2.25. The van der Waals surface area contributed by atoms with Crippen LogP contribution < -0.4 is 0 Å². The van der Waals surface area contributed by atoms with Gasteiger partial charge in [-0.15, -0.1) is 0 Å². The van der Waals surface area contributed by atoms with Crippen LogP contribution in [0, 0.1) is 23.2 Å². The molecule has 0 saturated heterocycles. The number of hydrogen-bond donors (Lipinski definition) is 1. The number of nitrogens with zero attached hydrogens (tertiary/aromatic N) is 4. The fourth-order valence-corrected chi connectivity index (χ4v) is 3.96. The van der Waals surface area contributed by atoms with Crippen molar-refractivity contribution in [2.45, 2.75) is 38.6 Å². The third-order valence-electron chi connectivity index (χ3n) is 5.83. The molecule has 4 rings (SSSR count). The van der Waals surface area contributed by atoms with Crippen LogP contribution in [-0.4, -0.2) is 27.7 Å². The standard InChI is InChI=1S/C22H23N5/c1-14-11-21-22(26-27-25-21)19(15(14)2)10-9-18-8-7-17(13-24-18)20-6-4-3-5-16(20)12-23/h3-7,9-10,13-15,18-19H,8,11H2,1-2H3,(H,25,26,27)/b10-9+/t14-,15+,18?,19-/m0/s1. The van der Waals surface area contributed by atoms with Gasteiger partial charge >= 0.3 is 0 Å². The van der Waals surface area contributed by atoms with E-state index in [-0.39, 0.29) is 12.0 Å². The van der Waals surface area contributed by atoms with Crippen LogP contribution in [0.3, 0.4) is 0 Å². The smallest absolute Gasteiger partial charge is 0.0998 e. The largest absolute Gasteiger partial charge is 0.285 e. The van der Waals surface area contributed by atoms with Gasteiger partial charge in [-0.2, -0.15) is 20.7 Å². The van der Waals surface area contributed by atoms with Crippen LogP contribution in [0.15, 0.2) is 47.5 Å². The predicted molar refractivity (Wildman–Crippen MR) is 106 cm³/mol. The summed E-state index contributed by atoms with van der Waals surface area (Å²) in [5.74, 6) is 1.39. The molecule has 2 aromatic rings. The molecule has 5 nitrogen and oxygen atoms in total. The van der Waals surface area contributed by atoms with E-state index in [1.807, 2.05) is 30.5 Å². The zero-order valence-electron chi connectivity index (χ0n) is 15.6. The number of aromatic amines is 1. The fraction of sp³-hybridized carbons (Fsp3) is 0.364. The highest BCUT2D eigenvalue weighted by molar-refractivity contribution is 6.11. The number of H-pyrrole nitrogens is 1. The maximum Gasteiger partial charge on any atom is 0.0998 e. The summed E-state index contributed by atoms with van der Waals surface area (Å²) in [6.45, 7) is 4.57. The number of dihydropyridines is 1. The Balaban J connectivity index is 1.49. The highest BCUT2D eigenvalue weighted by atomic mass is 15.3. The number of nitriles is 1. The molecule has 1 unspecified atom stereocenters. The minimum Gasteiger partial charge on any atom is -0.285 e. The molecule has 2 heterocycles. The molecule has 1 aromatic heterocycles. The van der Waals surface area contributed by atoms with Gasteiger partial charge in [0, 0.05) is 17.7 Å². The first-order valence-corrected chi connectivity index (χ1v) is 9.48. The molecule has 0 bridgehead atoms. The molecule has 0 amide bonds. The Morgan fingerprint density at radius 2 is 2.04 bits per heavy atom. The Hall–Kier alpha value is -3.00. The molecule has 1 aromatic carbocycles. The van der Waals surface area contributed by atoms with Gasteiger partial charge < -0.3 is 0 Å². The van der Waals surface area contributed by atoms with Crippen LogP contribution in [0.25, 0.3) is 5.57 Å². The second kappa shape index (κ2) is 7.32. The number of nitrogens with one attached hydrogen (secondary N) is 1. The van der Waals surface area contributed by atoms with Crippen LogP contribution in [-0.2, 0) is 6.42 Å². The van der Waals surface area contributed by atoms with E-state index in [1.165, 1.54) is 0 Å². The van der Waals surface area contributed by atoms with Gasteiger partial charge in [-0.05, 0) is 36.3 Å². The zero-order chi connectivity index (χ0) is 18.8. The van der Waals surface area contributed by atoms with Gasteiger partial charge in [0.25, 0.3) is 0 Å². The highest BCUT2D eigenvalue weighted by Gasteiger charge is 2.33. The summed E-state index contributed by atoms with van der Waals surface area (Å²) in [5, 5.41) is 20.8. The van der Waals surface area contributed by atoms with Crippen molar-refractivity contribution in [1.29, 1.82) is 5.26 Å². The van der Waals surface area contributed by atoms with Gasteiger partial charge in [-0.3, -0.25) is 4.99 Å². The van der Waals surface area contributed by atoms with E-state index in [0.717, 1.165) is 35.4 Å². The van der Waals surface area contributed by atoms with E-state index in [1.54, 1.807) is 0 Å². The van der Waals surface area contributed by atoms with Crippen LogP contribution in [0.4, 0.5) is 0 Å². The number of benzene rings is 1. The summed E-state index contributed by atoms with van der Waals surface area (Å²) < 4.78 is 0. The molecule has 0 saturated carbocycles. The summed E-state index contributed by atoms with van der Waals surface area (Å²) in [5.41, 5.74) is 4.84. The van der Waals surface area contributed by atoms with E-state index in [2.05, 4.69) is 53.6 Å². The molecular weight excluding hydrogens is 334 g/mol. The van der Waals surface area contributed by atoms with Crippen LogP contribution in [0.2, 0.25) is 0 Å². The molecule has 1 aliphatic heterocycles. The number of allylic oxidation sites excluding steroid dienone is 2. The normalized spacial score (nSPS) is 27.2. The Morgan fingerprint density at radius 3 is 2.81 bits per heavy atom. The van der Waals surface area contributed by atoms with Crippen LogP contribution >= 0.6 is 0 Å². The lowest BCUT2D eigenvalue weighted by molar-refractivity contribution is 0.325. The first-order chi connectivity index (χ1) is 13.2. The number of hydrogen-bond acceptors (Lipinski definition) is 4. The van der Waals surface area contributed by atoms with Gasteiger partial charge in [0.2, 0.25) is 0 Å². The minimum absolute atomic E-state index is 0.128. The van der Waals surface area contributed by atoms with Crippen LogP contribution in [0.5, 0.6) is 0 Å². The fourth-order valence-electron chi connectivity index (χ4n) is 3.96. The predicted octanol–water partition coefficient (Wildman–Crippen LogP) is 4.07. The average molecular weight is 357 g/mol. The van der Waals surface area contributed by atoms with Gasteiger partial charge in [0.15, 0.2) is 0 Å². The molecule has 27 heavy (non-hydrogen) atoms. The Morgan fingerprint density at radius 1 is 1.19 bits per heavy atom. The van der Waals surface area contributed by atoms with Crippen molar-refractivity contribution in [3.05, 3.63) is 65.0 Å². The molecule has 5 heteroatoms. The monoisotopic (exact) mass is 357 g/mol. The van der Waals surface area contributed by atoms with Crippen molar-refractivity contribution in [2.75, 3.05) is 0 Å². The molecule has 0 fully saturated rings. The maximum atomic E-state index is 9.29.